The lowest BCUT2D eigenvalue weighted by Crippen LogP contribution is -2.32. The van der Waals surface area contributed by atoms with Crippen LogP contribution in [0.1, 0.15) is 52.0 Å². The van der Waals surface area contributed by atoms with Gasteiger partial charge in [0.25, 0.3) is 0 Å². The van der Waals surface area contributed by atoms with Crippen LogP contribution < -0.4 is 10.6 Å². The normalized spacial score (nSPS) is 31.4. The Balaban J connectivity index is 1.38. The number of amides is 2. The summed E-state index contributed by atoms with van der Waals surface area (Å²) in [7, 11) is 0. The van der Waals surface area contributed by atoms with E-state index in [0.717, 1.165) is 42.4 Å². The molecule has 4 rings (SSSR count). The minimum absolute atomic E-state index is 0.000748. The Hall–Kier alpha value is -2.36. The number of rotatable bonds is 4. The van der Waals surface area contributed by atoms with Gasteiger partial charge in [-0.1, -0.05) is 38.6 Å². The smallest absolute Gasteiger partial charge is 0.326 e. The third-order valence-electron chi connectivity index (χ3n) is 7.39. The lowest BCUT2D eigenvalue weighted by molar-refractivity contribution is -0.137. The van der Waals surface area contributed by atoms with E-state index in [9.17, 15) is 22.8 Å². The summed E-state index contributed by atoms with van der Waals surface area (Å²) >= 11 is 1.11. The van der Waals surface area contributed by atoms with Crippen LogP contribution in [0.3, 0.4) is 0 Å². The number of nitrogens with zero attached hydrogens (tertiary/aromatic N) is 2. The number of amidine groups is 1. The van der Waals surface area contributed by atoms with Crippen molar-refractivity contribution in [1.82, 2.24) is 5.32 Å². The molecule has 2 bridgehead atoms. The molecular formula is C22H25F3N4O2S. The summed E-state index contributed by atoms with van der Waals surface area (Å²) < 4.78 is 38.5. The average molecular weight is 467 g/mol. The molecule has 0 spiro atoms. The maximum Gasteiger partial charge on any atom is 0.416 e. The van der Waals surface area contributed by atoms with Crippen LogP contribution in [0.2, 0.25) is 0 Å². The van der Waals surface area contributed by atoms with Crippen LogP contribution in [0, 0.1) is 16.7 Å². The fourth-order valence-electron chi connectivity index (χ4n) is 4.93. The predicted molar refractivity (Wildman–Crippen MR) is 118 cm³/mol. The summed E-state index contributed by atoms with van der Waals surface area (Å²) in [6.07, 6.45) is -1.52. The summed E-state index contributed by atoms with van der Waals surface area (Å²) in [5.41, 5.74) is 0.392. The van der Waals surface area contributed by atoms with E-state index in [4.69, 9.17) is 0 Å². The third-order valence-corrected chi connectivity index (χ3v) is 8.47. The van der Waals surface area contributed by atoms with E-state index in [0.29, 0.717) is 11.1 Å². The lowest BCUT2D eigenvalue weighted by Gasteiger charge is -2.34. The zero-order valence-corrected chi connectivity index (χ0v) is 18.9. The first-order valence-corrected chi connectivity index (χ1v) is 11.4. The van der Waals surface area contributed by atoms with Crippen LogP contribution in [0.25, 0.3) is 0 Å². The Morgan fingerprint density at radius 3 is 2.66 bits per heavy atom. The second-order valence-electron chi connectivity index (χ2n) is 9.37. The van der Waals surface area contributed by atoms with Crippen molar-refractivity contribution in [3.05, 3.63) is 29.8 Å². The van der Waals surface area contributed by atoms with Gasteiger partial charge in [0.1, 0.15) is 5.25 Å². The Kier molecular flexibility index (Phi) is 5.63. The van der Waals surface area contributed by atoms with Crippen molar-refractivity contribution in [1.29, 1.82) is 0 Å². The highest BCUT2D eigenvalue weighted by molar-refractivity contribution is 8.15. The molecule has 1 aliphatic heterocycles. The molecule has 0 radical (unpaired) electrons. The minimum Gasteiger partial charge on any atom is -0.326 e. The summed E-state index contributed by atoms with van der Waals surface area (Å²) in [4.78, 5) is 24.6. The van der Waals surface area contributed by atoms with Gasteiger partial charge in [0.05, 0.1) is 5.56 Å². The van der Waals surface area contributed by atoms with Crippen molar-refractivity contribution >= 4 is 40.1 Å². The Bertz CT molecular complexity index is 1020. The molecule has 1 saturated heterocycles. The third kappa shape index (κ3) is 4.04. The average Bonchev–Trinajstić information content (AvgIpc) is 3.22. The molecule has 3 aliphatic rings. The van der Waals surface area contributed by atoms with Crippen LogP contribution in [0.15, 0.2) is 34.5 Å². The van der Waals surface area contributed by atoms with E-state index < -0.39 is 22.9 Å². The molecule has 1 heterocycles. The molecule has 10 heteroatoms. The molecule has 3 fully saturated rings. The van der Waals surface area contributed by atoms with Crippen LogP contribution in [0.4, 0.5) is 18.9 Å². The van der Waals surface area contributed by atoms with E-state index in [1.165, 1.54) is 18.6 Å². The molecule has 1 aromatic rings. The number of benzene rings is 1. The molecule has 2 saturated carbocycles. The van der Waals surface area contributed by atoms with Gasteiger partial charge < -0.3 is 10.6 Å². The van der Waals surface area contributed by atoms with Crippen molar-refractivity contribution in [3.8, 4) is 0 Å². The molecule has 2 N–H and O–H groups in total. The van der Waals surface area contributed by atoms with Gasteiger partial charge in [-0.2, -0.15) is 18.3 Å². The van der Waals surface area contributed by atoms with Crippen LogP contribution in [-0.2, 0) is 15.8 Å². The second-order valence-corrected chi connectivity index (χ2v) is 10.6. The second kappa shape index (κ2) is 7.90. The van der Waals surface area contributed by atoms with Crippen molar-refractivity contribution in [2.75, 3.05) is 5.32 Å². The van der Waals surface area contributed by atoms with Gasteiger partial charge in [-0.05, 0) is 48.8 Å². The topological polar surface area (TPSA) is 82.9 Å². The number of thioether (sulfide) groups is 1. The number of hydrogen-bond acceptors (Lipinski definition) is 5. The molecule has 32 heavy (non-hydrogen) atoms. The van der Waals surface area contributed by atoms with Gasteiger partial charge >= 0.3 is 6.18 Å². The molecule has 1 aromatic carbocycles. The summed E-state index contributed by atoms with van der Waals surface area (Å²) in [5.74, 6) is -0.330. The van der Waals surface area contributed by atoms with Crippen molar-refractivity contribution in [2.24, 2.45) is 27.0 Å². The molecule has 2 aliphatic carbocycles. The standard InChI is InChI=1S/C22H25F3N4O2S/c1-20(2)12-7-8-21(20,3)16(10-12)28-29-19-27-18(31)15(32-19)11-17(30)26-14-6-4-5-13(9-14)22(23,24)25/h4-6,9,12,15H,7-8,10-11H2,1-3H3,(H,26,30)(H,27,29,31)/b28-16+/t12-,15+,21+/m1/s1. The zero-order valence-electron chi connectivity index (χ0n) is 18.0. The van der Waals surface area contributed by atoms with Gasteiger partial charge in [-0.25, -0.2) is 0 Å². The number of nitrogens with one attached hydrogen (secondary N) is 2. The SMILES string of the molecule is CC1(C)[C@@H]2CC[C@@]1(C)/C(=N/N=C1\NC(=O)[C@H](CC(=O)Nc3cccc(C(F)(F)F)c3)S1)C2. The van der Waals surface area contributed by atoms with E-state index in [2.05, 4.69) is 41.6 Å². The molecule has 2 amide bonds. The van der Waals surface area contributed by atoms with Crippen LogP contribution in [-0.4, -0.2) is 27.9 Å². The Labute approximate surface area is 188 Å². The number of hydrogen-bond donors (Lipinski definition) is 2. The highest BCUT2D eigenvalue weighted by Crippen LogP contribution is 2.64. The summed E-state index contributed by atoms with van der Waals surface area (Å²) in [6, 6.07) is 4.38. The molecule has 0 aromatic heterocycles. The van der Waals surface area contributed by atoms with Crippen molar-refractivity contribution < 1.29 is 22.8 Å². The van der Waals surface area contributed by atoms with E-state index in [1.54, 1.807) is 0 Å². The quantitative estimate of drug-likeness (QED) is 0.624. The fraction of sp³-hybridized carbons (Fsp3) is 0.545. The minimum atomic E-state index is -4.50. The first-order valence-electron chi connectivity index (χ1n) is 10.5. The molecule has 0 unspecified atom stereocenters. The predicted octanol–water partition coefficient (Wildman–Crippen LogP) is 4.82. The monoisotopic (exact) mass is 466 g/mol. The largest absolute Gasteiger partial charge is 0.416 e. The van der Waals surface area contributed by atoms with E-state index in [-0.39, 0.29) is 28.8 Å². The molecule has 6 nitrogen and oxygen atoms in total. The first kappa shape index (κ1) is 22.8. The maximum atomic E-state index is 12.8. The van der Waals surface area contributed by atoms with Crippen LogP contribution >= 0.6 is 11.8 Å². The Morgan fingerprint density at radius 1 is 1.28 bits per heavy atom. The maximum absolute atomic E-state index is 12.8. The summed E-state index contributed by atoms with van der Waals surface area (Å²) in [6.45, 7) is 6.76. The highest BCUT2D eigenvalue weighted by atomic mass is 32.2. The van der Waals surface area contributed by atoms with Gasteiger partial charge in [0, 0.05) is 23.2 Å². The number of fused-ring (bicyclic) bond motifs is 2. The molecule has 172 valence electrons. The number of carbonyl (C=O) groups excluding carboxylic acids is 2. The molecular weight excluding hydrogens is 441 g/mol. The number of halogens is 3. The van der Waals surface area contributed by atoms with E-state index in [1.807, 2.05) is 0 Å². The van der Waals surface area contributed by atoms with Gasteiger partial charge in [0.15, 0.2) is 5.17 Å². The summed E-state index contributed by atoms with van der Waals surface area (Å²) in [5, 5.41) is 13.4. The van der Waals surface area contributed by atoms with Crippen molar-refractivity contribution in [2.45, 2.75) is 57.9 Å². The fourth-order valence-corrected chi connectivity index (χ4v) is 5.84. The lowest BCUT2D eigenvalue weighted by atomic mass is 9.70. The number of alkyl halides is 3. The zero-order chi connectivity index (χ0) is 23.3. The van der Waals surface area contributed by atoms with E-state index >= 15 is 0 Å². The van der Waals surface area contributed by atoms with Gasteiger partial charge in [-0.3, -0.25) is 9.59 Å². The first-order chi connectivity index (χ1) is 14.9. The van der Waals surface area contributed by atoms with Gasteiger partial charge in [0.2, 0.25) is 11.8 Å². The number of anilines is 1. The number of carbonyl (C=O) groups is 2. The van der Waals surface area contributed by atoms with Gasteiger partial charge in [-0.15, -0.1) is 5.10 Å². The highest BCUT2D eigenvalue weighted by Gasteiger charge is 2.60. The van der Waals surface area contributed by atoms with Crippen LogP contribution in [0.5, 0.6) is 0 Å². The Morgan fingerprint density at radius 2 is 2.03 bits per heavy atom. The van der Waals surface area contributed by atoms with Crippen molar-refractivity contribution in [3.63, 3.8) is 0 Å². The molecule has 3 atom stereocenters.